The molecule has 0 unspecified atom stereocenters. The Morgan fingerprint density at radius 1 is 1.43 bits per heavy atom. The van der Waals surface area contributed by atoms with Gasteiger partial charge in [-0.1, -0.05) is 17.7 Å². The summed E-state index contributed by atoms with van der Waals surface area (Å²) in [7, 11) is 1.82. The van der Waals surface area contributed by atoms with Gasteiger partial charge < -0.3 is 5.11 Å². The number of aryl methyl sites for hydroxylation is 1. The average molecular weight is 209 g/mol. The third-order valence-corrected chi connectivity index (χ3v) is 2.30. The summed E-state index contributed by atoms with van der Waals surface area (Å²) in [6.07, 6.45) is 3.47. The Labute approximate surface area is 86.6 Å². The molecule has 0 radical (unpaired) electrons. The fourth-order valence-electron chi connectivity index (χ4n) is 1.35. The van der Waals surface area contributed by atoms with Gasteiger partial charge in [-0.05, 0) is 12.1 Å². The molecule has 0 spiro atoms. The number of aromatic hydroxyl groups is 1. The molecule has 2 aromatic rings. The molecule has 0 atom stereocenters. The molecule has 1 heterocycles. The Morgan fingerprint density at radius 2 is 2.21 bits per heavy atom. The van der Waals surface area contributed by atoms with E-state index in [1.54, 1.807) is 35.3 Å². The number of halogens is 1. The number of phenols is 1. The number of aromatic nitrogens is 2. The zero-order valence-electron chi connectivity index (χ0n) is 7.61. The molecular formula is C10H9ClN2O. The second-order valence-corrected chi connectivity index (χ2v) is 3.44. The fourth-order valence-corrected chi connectivity index (χ4v) is 1.63. The lowest BCUT2D eigenvalue weighted by atomic mass is 10.1. The van der Waals surface area contributed by atoms with E-state index in [-0.39, 0.29) is 5.75 Å². The molecule has 1 N–H and O–H groups in total. The van der Waals surface area contributed by atoms with Gasteiger partial charge in [0.15, 0.2) is 0 Å². The Bertz CT molecular complexity index is 445. The molecule has 0 bridgehead atoms. The van der Waals surface area contributed by atoms with Crippen LogP contribution in [0.3, 0.4) is 0 Å². The zero-order valence-corrected chi connectivity index (χ0v) is 8.36. The average Bonchev–Trinajstić information content (AvgIpc) is 2.51. The summed E-state index contributed by atoms with van der Waals surface area (Å²) in [5.74, 6) is 0.172. The Balaban J connectivity index is 2.61. The molecule has 0 amide bonds. The molecule has 72 valence electrons. The monoisotopic (exact) mass is 208 g/mol. The van der Waals surface area contributed by atoms with Crippen molar-refractivity contribution in [2.45, 2.75) is 0 Å². The van der Waals surface area contributed by atoms with Crippen LogP contribution in [-0.2, 0) is 7.05 Å². The molecule has 14 heavy (non-hydrogen) atoms. The number of rotatable bonds is 1. The minimum atomic E-state index is 0.172. The minimum absolute atomic E-state index is 0.172. The maximum absolute atomic E-state index is 9.63. The minimum Gasteiger partial charge on any atom is -0.507 e. The first-order valence-electron chi connectivity index (χ1n) is 4.15. The molecule has 0 saturated carbocycles. The van der Waals surface area contributed by atoms with Crippen LogP contribution >= 0.6 is 11.6 Å². The molecule has 0 aliphatic rings. The maximum Gasteiger partial charge on any atom is 0.125 e. The number of hydrogen-bond acceptors (Lipinski definition) is 2. The van der Waals surface area contributed by atoms with Crippen molar-refractivity contribution in [3.8, 4) is 16.9 Å². The number of hydrogen-bond donors (Lipinski definition) is 1. The van der Waals surface area contributed by atoms with Gasteiger partial charge in [0.05, 0.1) is 11.2 Å². The van der Waals surface area contributed by atoms with Gasteiger partial charge in [0, 0.05) is 24.4 Å². The molecular weight excluding hydrogens is 200 g/mol. The molecule has 2 rings (SSSR count). The SMILES string of the molecule is Cn1cc(-c2c(O)cccc2Cl)cn1. The highest BCUT2D eigenvalue weighted by Crippen LogP contribution is 2.34. The Morgan fingerprint density at radius 3 is 2.79 bits per heavy atom. The van der Waals surface area contributed by atoms with Crippen molar-refractivity contribution in [2.24, 2.45) is 7.05 Å². The molecule has 0 aliphatic carbocycles. The van der Waals surface area contributed by atoms with Gasteiger partial charge in [0.25, 0.3) is 0 Å². The highest BCUT2D eigenvalue weighted by Gasteiger charge is 2.09. The standard InChI is InChI=1S/C10H9ClN2O/c1-13-6-7(5-12-13)10-8(11)3-2-4-9(10)14/h2-6,14H,1H3. The topological polar surface area (TPSA) is 38.0 Å². The van der Waals surface area contributed by atoms with E-state index in [2.05, 4.69) is 5.10 Å². The number of benzene rings is 1. The van der Waals surface area contributed by atoms with Crippen LogP contribution in [0.4, 0.5) is 0 Å². The van der Waals surface area contributed by atoms with Crippen LogP contribution in [0.15, 0.2) is 30.6 Å². The van der Waals surface area contributed by atoms with E-state index in [0.29, 0.717) is 10.6 Å². The summed E-state index contributed by atoms with van der Waals surface area (Å²) in [5, 5.41) is 14.2. The van der Waals surface area contributed by atoms with E-state index in [9.17, 15) is 5.11 Å². The fraction of sp³-hybridized carbons (Fsp3) is 0.100. The molecule has 3 nitrogen and oxygen atoms in total. The van der Waals surface area contributed by atoms with Gasteiger partial charge in [-0.25, -0.2) is 0 Å². The van der Waals surface area contributed by atoms with E-state index in [1.807, 2.05) is 7.05 Å². The van der Waals surface area contributed by atoms with Gasteiger partial charge >= 0.3 is 0 Å². The first-order valence-corrected chi connectivity index (χ1v) is 4.53. The van der Waals surface area contributed by atoms with Crippen LogP contribution in [-0.4, -0.2) is 14.9 Å². The summed E-state index contributed by atoms with van der Waals surface area (Å²) in [6, 6.07) is 5.05. The van der Waals surface area contributed by atoms with Crippen molar-refractivity contribution in [1.82, 2.24) is 9.78 Å². The first-order chi connectivity index (χ1) is 6.68. The molecule has 1 aromatic heterocycles. The molecule has 1 aromatic carbocycles. The van der Waals surface area contributed by atoms with Crippen molar-refractivity contribution < 1.29 is 5.11 Å². The van der Waals surface area contributed by atoms with Crippen molar-refractivity contribution in [3.05, 3.63) is 35.6 Å². The summed E-state index contributed by atoms with van der Waals surface area (Å²) in [5.41, 5.74) is 1.44. The zero-order chi connectivity index (χ0) is 10.1. The van der Waals surface area contributed by atoms with Crippen LogP contribution in [0.5, 0.6) is 5.75 Å². The molecule has 4 heteroatoms. The third-order valence-electron chi connectivity index (χ3n) is 1.99. The third kappa shape index (κ3) is 1.46. The van der Waals surface area contributed by atoms with Gasteiger partial charge in [0.1, 0.15) is 5.75 Å². The van der Waals surface area contributed by atoms with E-state index < -0.39 is 0 Å². The van der Waals surface area contributed by atoms with Gasteiger partial charge in [-0.2, -0.15) is 5.10 Å². The molecule has 0 aliphatic heterocycles. The predicted octanol–water partition coefficient (Wildman–Crippen LogP) is 2.45. The normalized spacial score (nSPS) is 10.4. The largest absolute Gasteiger partial charge is 0.507 e. The second kappa shape index (κ2) is 3.35. The van der Waals surface area contributed by atoms with Crippen LogP contribution in [0.25, 0.3) is 11.1 Å². The predicted molar refractivity (Wildman–Crippen MR) is 55.3 cm³/mol. The van der Waals surface area contributed by atoms with Gasteiger partial charge in [0.2, 0.25) is 0 Å². The Hall–Kier alpha value is -1.48. The van der Waals surface area contributed by atoms with Gasteiger partial charge in [-0.15, -0.1) is 0 Å². The van der Waals surface area contributed by atoms with Crippen molar-refractivity contribution in [2.75, 3.05) is 0 Å². The lowest BCUT2D eigenvalue weighted by Crippen LogP contribution is -1.84. The second-order valence-electron chi connectivity index (χ2n) is 3.04. The highest BCUT2D eigenvalue weighted by molar-refractivity contribution is 6.33. The maximum atomic E-state index is 9.63. The van der Waals surface area contributed by atoms with Crippen LogP contribution in [0.1, 0.15) is 0 Å². The number of nitrogens with zero attached hydrogens (tertiary/aromatic N) is 2. The van der Waals surface area contributed by atoms with E-state index in [0.717, 1.165) is 5.56 Å². The summed E-state index contributed by atoms with van der Waals surface area (Å²) in [6.45, 7) is 0. The molecule has 0 saturated heterocycles. The lowest BCUT2D eigenvalue weighted by Gasteiger charge is -2.03. The van der Waals surface area contributed by atoms with Crippen molar-refractivity contribution in [3.63, 3.8) is 0 Å². The van der Waals surface area contributed by atoms with E-state index >= 15 is 0 Å². The smallest absolute Gasteiger partial charge is 0.125 e. The highest BCUT2D eigenvalue weighted by atomic mass is 35.5. The quantitative estimate of drug-likeness (QED) is 0.782. The van der Waals surface area contributed by atoms with Gasteiger partial charge in [-0.3, -0.25) is 4.68 Å². The summed E-state index contributed by atoms with van der Waals surface area (Å²) < 4.78 is 1.66. The van der Waals surface area contributed by atoms with E-state index in [1.165, 1.54) is 0 Å². The van der Waals surface area contributed by atoms with E-state index in [4.69, 9.17) is 11.6 Å². The van der Waals surface area contributed by atoms with Crippen molar-refractivity contribution >= 4 is 11.6 Å². The lowest BCUT2D eigenvalue weighted by molar-refractivity contribution is 0.477. The molecule has 0 fully saturated rings. The van der Waals surface area contributed by atoms with Crippen molar-refractivity contribution in [1.29, 1.82) is 0 Å². The summed E-state index contributed by atoms with van der Waals surface area (Å²) >= 11 is 5.98. The first kappa shape index (κ1) is 9.09. The van der Waals surface area contributed by atoms with Crippen LogP contribution in [0.2, 0.25) is 5.02 Å². The van der Waals surface area contributed by atoms with Crippen LogP contribution in [0, 0.1) is 0 Å². The van der Waals surface area contributed by atoms with Crippen LogP contribution < -0.4 is 0 Å². The summed E-state index contributed by atoms with van der Waals surface area (Å²) in [4.78, 5) is 0. The Kier molecular flexibility index (Phi) is 2.17. The number of phenolic OH excluding ortho intramolecular Hbond substituents is 1.